The maximum atomic E-state index is 10.7. The molecule has 0 saturated heterocycles. The van der Waals surface area contributed by atoms with Crippen LogP contribution in [-0.4, -0.2) is 10.2 Å². The number of nitro groups is 1. The fraction of sp³-hybridized carbons (Fsp3) is 0.400. The maximum absolute atomic E-state index is 10.7. The molecule has 0 amide bonds. The Bertz CT molecular complexity index is 350. The Morgan fingerprint density at radius 2 is 2.07 bits per heavy atom. The number of thioether (sulfide) groups is 1. The summed E-state index contributed by atoms with van der Waals surface area (Å²) in [5, 5.41) is 11.1. The van der Waals surface area contributed by atoms with Gasteiger partial charge in [0.15, 0.2) is 0 Å². The summed E-state index contributed by atoms with van der Waals surface area (Å²) in [7, 11) is 0. The summed E-state index contributed by atoms with van der Waals surface area (Å²) >= 11 is 1.52. The number of aryl methyl sites for hydroxylation is 1. The van der Waals surface area contributed by atoms with Crippen LogP contribution in [0, 0.1) is 17.0 Å². The molecule has 0 radical (unpaired) electrons. The van der Waals surface area contributed by atoms with Crippen molar-refractivity contribution in [3.8, 4) is 0 Å². The molecule has 0 saturated carbocycles. The van der Waals surface area contributed by atoms with E-state index in [0.717, 1.165) is 10.5 Å². The molecule has 0 atom stereocenters. The Kier molecular flexibility index (Phi) is 3.52. The smallest absolute Gasteiger partial charge is 0.258 e. The van der Waals surface area contributed by atoms with Gasteiger partial charge in [0.2, 0.25) is 0 Å². The Hall–Kier alpha value is -1.03. The minimum absolute atomic E-state index is 0.212. The molecule has 0 aromatic heterocycles. The SMILES string of the molecule is Cc1ccc(SC(C)C)c([N+](=O)[O-])c1. The summed E-state index contributed by atoms with van der Waals surface area (Å²) in [5.74, 6) is 0. The minimum Gasteiger partial charge on any atom is -0.258 e. The van der Waals surface area contributed by atoms with Crippen LogP contribution >= 0.6 is 11.8 Å². The molecule has 14 heavy (non-hydrogen) atoms. The number of rotatable bonds is 3. The van der Waals surface area contributed by atoms with Crippen molar-refractivity contribution in [3.05, 3.63) is 33.9 Å². The molecule has 3 nitrogen and oxygen atoms in total. The van der Waals surface area contributed by atoms with Crippen molar-refractivity contribution in [2.75, 3.05) is 0 Å². The fourth-order valence-electron chi connectivity index (χ4n) is 1.12. The van der Waals surface area contributed by atoms with E-state index < -0.39 is 0 Å². The van der Waals surface area contributed by atoms with Crippen LogP contribution in [0.25, 0.3) is 0 Å². The third-order valence-electron chi connectivity index (χ3n) is 1.67. The molecular formula is C10H13NO2S. The van der Waals surface area contributed by atoms with Gasteiger partial charge >= 0.3 is 0 Å². The van der Waals surface area contributed by atoms with Crippen molar-refractivity contribution in [1.82, 2.24) is 0 Å². The van der Waals surface area contributed by atoms with Gasteiger partial charge in [0, 0.05) is 11.3 Å². The van der Waals surface area contributed by atoms with Gasteiger partial charge in [-0.3, -0.25) is 10.1 Å². The molecule has 0 spiro atoms. The van der Waals surface area contributed by atoms with Crippen LogP contribution in [-0.2, 0) is 0 Å². The largest absolute Gasteiger partial charge is 0.283 e. The predicted molar refractivity (Wildman–Crippen MR) is 58.8 cm³/mol. The Morgan fingerprint density at radius 3 is 2.57 bits per heavy atom. The van der Waals surface area contributed by atoms with E-state index in [4.69, 9.17) is 0 Å². The second-order valence-electron chi connectivity index (χ2n) is 3.39. The van der Waals surface area contributed by atoms with E-state index >= 15 is 0 Å². The van der Waals surface area contributed by atoms with Gasteiger partial charge in [-0.25, -0.2) is 0 Å². The molecule has 1 aromatic rings. The molecule has 0 unspecified atom stereocenters. The third kappa shape index (κ3) is 2.73. The van der Waals surface area contributed by atoms with Crippen molar-refractivity contribution in [3.63, 3.8) is 0 Å². The maximum Gasteiger partial charge on any atom is 0.283 e. The highest BCUT2D eigenvalue weighted by Crippen LogP contribution is 2.32. The zero-order chi connectivity index (χ0) is 10.7. The molecule has 76 valence electrons. The first-order valence-corrected chi connectivity index (χ1v) is 5.30. The molecule has 0 aliphatic rings. The minimum atomic E-state index is -0.322. The van der Waals surface area contributed by atoms with E-state index in [0.29, 0.717) is 5.25 Å². The van der Waals surface area contributed by atoms with Gasteiger partial charge in [0.05, 0.1) is 9.82 Å². The molecule has 0 heterocycles. The van der Waals surface area contributed by atoms with E-state index in [1.165, 1.54) is 11.8 Å². The summed E-state index contributed by atoms with van der Waals surface area (Å²) in [6.45, 7) is 5.90. The van der Waals surface area contributed by atoms with Gasteiger partial charge in [-0.2, -0.15) is 0 Å². The predicted octanol–water partition coefficient (Wildman–Crippen LogP) is 3.40. The molecule has 4 heteroatoms. The van der Waals surface area contributed by atoms with Crippen LogP contribution < -0.4 is 0 Å². The molecule has 0 aliphatic heterocycles. The summed E-state index contributed by atoms with van der Waals surface area (Å²) in [5.41, 5.74) is 1.13. The quantitative estimate of drug-likeness (QED) is 0.437. The molecule has 1 rings (SSSR count). The summed E-state index contributed by atoms with van der Waals surface area (Å²) in [4.78, 5) is 11.2. The van der Waals surface area contributed by atoms with Crippen molar-refractivity contribution in [2.24, 2.45) is 0 Å². The zero-order valence-corrected chi connectivity index (χ0v) is 9.30. The highest BCUT2D eigenvalue weighted by atomic mass is 32.2. The van der Waals surface area contributed by atoms with E-state index in [9.17, 15) is 10.1 Å². The van der Waals surface area contributed by atoms with Gasteiger partial charge in [-0.15, -0.1) is 11.8 Å². The lowest BCUT2D eigenvalue weighted by atomic mass is 10.2. The van der Waals surface area contributed by atoms with Gasteiger partial charge < -0.3 is 0 Å². The van der Waals surface area contributed by atoms with Crippen LogP contribution in [0.15, 0.2) is 23.1 Å². The second kappa shape index (κ2) is 4.46. The third-order valence-corrected chi connectivity index (χ3v) is 2.74. The molecule has 1 aromatic carbocycles. The number of hydrogen-bond donors (Lipinski definition) is 0. The number of benzene rings is 1. The van der Waals surface area contributed by atoms with Crippen LogP contribution in [0.1, 0.15) is 19.4 Å². The fourth-order valence-corrected chi connectivity index (χ4v) is 2.03. The van der Waals surface area contributed by atoms with Gasteiger partial charge in [0.25, 0.3) is 5.69 Å². The highest BCUT2D eigenvalue weighted by molar-refractivity contribution is 8.00. The average molecular weight is 211 g/mol. The lowest BCUT2D eigenvalue weighted by molar-refractivity contribution is -0.387. The first-order chi connectivity index (χ1) is 6.50. The van der Waals surface area contributed by atoms with E-state index in [1.807, 2.05) is 32.9 Å². The summed E-state index contributed by atoms with van der Waals surface area (Å²) in [6.07, 6.45) is 0. The Morgan fingerprint density at radius 1 is 1.43 bits per heavy atom. The highest BCUT2D eigenvalue weighted by Gasteiger charge is 2.14. The van der Waals surface area contributed by atoms with Crippen molar-refractivity contribution < 1.29 is 4.92 Å². The molecule has 0 fully saturated rings. The average Bonchev–Trinajstić information content (AvgIpc) is 2.07. The van der Waals surface area contributed by atoms with Crippen molar-refractivity contribution >= 4 is 17.4 Å². The van der Waals surface area contributed by atoms with E-state index in [2.05, 4.69) is 0 Å². The monoisotopic (exact) mass is 211 g/mol. The number of nitrogens with zero attached hydrogens (tertiary/aromatic N) is 1. The Labute approximate surface area is 87.7 Å². The lowest BCUT2D eigenvalue weighted by Gasteiger charge is -2.05. The molecule has 0 bridgehead atoms. The lowest BCUT2D eigenvalue weighted by Crippen LogP contribution is -1.94. The topological polar surface area (TPSA) is 43.1 Å². The second-order valence-corrected chi connectivity index (χ2v) is 5.01. The van der Waals surface area contributed by atoms with E-state index in [1.54, 1.807) is 6.07 Å². The first kappa shape index (κ1) is 11.0. The van der Waals surface area contributed by atoms with Gasteiger partial charge in [-0.05, 0) is 18.6 Å². The number of hydrogen-bond acceptors (Lipinski definition) is 3. The molecular weight excluding hydrogens is 198 g/mol. The Balaban J connectivity index is 3.08. The van der Waals surface area contributed by atoms with Gasteiger partial charge in [-0.1, -0.05) is 19.9 Å². The first-order valence-electron chi connectivity index (χ1n) is 4.42. The van der Waals surface area contributed by atoms with Crippen molar-refractivity contribution in [2.45, 2.75) is 30.9 Å². The van der Waals surface area contributed by atoms with Crippen LogP contribution in [0.2, 0.25) is 0 Å². The number of nitro benzene ring substituents is 1. The van der Waals surface area contributed by atoms with Gasteiger partial charge in [0.1, 0.15) is 0 Å². The summed E-state index contributed by atoms with van der Waals surface area (Å²) in [6, 6.07) is 5.33. The van der Waals surface area contributed by atoms with Crippen LogP contribution in [0.4, 0.5) is 5.69 Å². The van der Waals surface area contributed by atoms with Crippen LogP contribution in [0.3, 0.4) is 0 Å². The zero-order valence-electron chi connectivity index (χ0n) is 8.48. The van der Waals surface area contributed by atoms with Crippen LogP contribution in [0.5, 0.6) is 0 Å². The van der Waals surface area contributed by atoms with Crippen molar-refractivity contribution in [1.29, 1.82) is 0 Å². The standard InChI is InChI=1S/C10H13NO2S/c1-7(2)14-10-5-4-8(3)6-9(10)11(12)13/h4-7H,1-3H3. The molecule has 0 N–H and O–H groups in total. The summed E-state index contributed by atoms with van der Waals surface area (Å²) < 4.78 is 0. The molecule has 0 aliphatic carbocycles. The van der Waals surface area contributed by atoms with E-state index in [-0.39, 0.29) is 10.6 Å². The normalized spacial score (nSPS) is 10.6.